The van der Waals surface area contributed by atoms with E-state index in [0.717, 1.165) is 32.7 Å². The summed E-state index contributed by atoms with van der Waals surface area (Å²) in [7, 11) is 0. The van der Waals surface area contributed by atoms with Crippen LogP contribution >= 0.6 is 38.1 Å². The maximum atomic E-state index is 7.04. The quantitative estimate of drug-likeness (QED) is 0.289. The summed E-state index contributed by atoms with van der Waals surface area (Å²) in [5, 5.41) is 2.29. The number of halogens is 2. The van der Waals surface area contributed by atoms with Crippen molar-refractivity contribution in [3.63, 3.8) is 0 Å². The summed E-state index contributed by atoms with van der Waals surface area (Å²) in [5.74, 6) is 0. The summed E-state index contributed by atoms with van der Waals surface area (Å²) in [6, 6.07) is 27.5. The van der Waals surface area contributed by atoms with Gasteiger partial charge >= 0.3 is 0 Å². The molecule has 0 saturated carbocycles. The fourth-order valence-corrected chi connectivity index (χ4v) is 9.07. The molecule has 0 spiro atoms. The molecule has 0 aromatic heterocycles. The molecule has 1 heterocycles. The third kappa shape index (κ3) is 3.82. The average Bonchev–Trinajstić information content (AvgIpc) is 3.06. The molecule has 0 N–H and O–H groups in total. The summed E-state index contributed by atoms with van der Waals surface area (Å²) in [4.78, 5) is 0. The standard InChI is InChI=1S/C25H23Br2OPS/c1-3-25(4-2)23(18-10-14-20(26)15-11-18)24(19-12-16-21(27)17-13-19)29(30,28-25)22-8-6-5-7-9-22/h5-17H,3-4H2,1-2H3/t29-/m0/s1. The van der Waals surface area contributed by atoms with Gasteiger partial charge < -0.3 is 4.52 Å². The Kier molecular flexibility index (Phi) is 6.53. The van der Waals surface area contributed by atoms with E-state index in [2.05, 4.69) is 119 Å². The maximum absolute atomic E-state index is 7.04. The third-order valence-electron chi connectivity index (χ3n) is 5.78. The van der Waals surface area contributed by atoms with Crippen LogP contribution in [-0.2, 0) is 16.3 Å². The molecule has 4 rings (SSSR count). The van der Waals surface area contributed by atoms with Crippen molar-refractivity contribution in [3.8, 4) is 0 Å². The SMILES string of the molecule is CCC1(CC)O[P@](=S)(c2ccccc2)C(c2ccc(Br)cc2)=C1c1ccc(Br)cc1. The zero-order chi connectivity index (χ0) is 21.4. The molecule has 3 aromatic rings. The normalized spacial score (nSPS) is 20.5. The molecule has 154 valence electrons. The Morgan fingerprint density at radius 1 is 0.767 bits per heavy atom. The lowest BCUT2D eigenvalue weighted by Crippen LogP contribution is -2.28. The van der Waals surface area contributed by atoms with Crippen LogP contribution in [-0.4, -0.2) is 5.60 Å². The second-order valence-electron chi connectivity index (χ2n) is 7.42. The lowest BCUT2D eigenvalue weighted by Gasteiger charge is -2.31. The van der Waals surface area contributed by atoms with E-state index in [9.17, 15) is 0 Å². The van der Waals surface area contributed by atoms with E-state index in [1.165, 1.54) is 16.5 Å². The Balaban J connectivity index is 2.10. The van der Waals surface area contributed by atoms with Crippen molar-refractivity contribution >= 4 is 66.1 Å². The van der Waals surface area contributed by atoms with Gasteiger partial charge in [-0.15, -0.1) is 0 Å². The Morgan fingerprint density at radius 2 is 1.27 bits per heavy atom. The predicted molar refractivity (Wildman–Crippen MR) is 140 cm³/mol. The van der Waals surface area contributed by atoms with Crippen molar-refractivity contribution in [2.24, 2.45) is 0 Å². The largest absolute Gasteiger partial charge is 0.331 e. The highest BCUT2D eigenvalue weighted by molar-refractivity contribution is 9.10. The minimum atomic E-state index is -2.47. The van der Waals surface area contributed by atoms with Gasteiger partial charge in [-0.25, -0.2) is 0 Å². The van der Waals surface area contributed by atoms with Crippen LogP contribution in [0.4, 0.5) is 0 Å². The molecule has 0 amide bonds. The van der Waals surface area contributed by atoms with E-state index in [1.807, 2.05) is 6.07 Å². The van der Waals surface area contributed by atoms with Crippen LogP contribution in [0, 0.1) is 0 Å². The highest BCUT2D eigenvalue weighted by Gasteiger charge is 2.49. The molecule has 30 heavy (non-hydrogen) atoms. The molecule has 5 heteroatoms. The summed E-state index contributed by atoms with van der Waals surface area (Å²) in [5.41, 5.74) is 3.17. The van der Waals surface area contributed by atoms with Gasteiger partial charge in [-0.05, 0) is 48.2 Å². The van der Waals surface area contributed by atoms with Crippen molar-refractivity contribution in [3.05, 3.63) is 98.9 Å². The van der Waals surface area contributed by atoms with Crippen LogP contribution < -0.4 is 5.30 Å². The minimum absolute atomic E-state index is 0.401. The number of hydrogen-bond acceptors (Lipinski definition) is 2. The van der Waals surface area contributed by atoms with Crippen LogP contribution in [0.25, 0.3) is 10.9 Å². The third-order valence-corrected chi connectivity index (χ3v) is 10.9. The molecule has 0 radical (unpaired) electrons. The summed E-state index contributed by atoms with van der Waals surface area (Å²) < 4.78 is 9.17. The van der Waals surface area contributed by atoms with Crippen molar-refractivity contribution in [1.29, 1.82) is 0 Å². The maximum Gasteiger partial charge on any atom is 0.125 e. The van der Waals surface area contributed by atoms with Crippen LogP contribution in [0.3, 0.4) is 0 Å². The molecule has 1 aliphatic rings. The van der Waals surface area contributed by atoms with E-state index in [-0.39, 0.29) is 0 Å². The zero-order valence-electron chi connectivity index (χ0n) is 16.9. The first kappa shape index (κ1) is 22.2. The Bertz CT molecular complexity index is 1120. The van der Waals surface area contributed by atoms with Gasteiger partial charge in [0, 0.05) is 25.1 Å². The van der Waals surface area contributed by atoms with E-state index in [1.54, 1.807) is 0 Å². The van der Waals surface area contributed by atoms with Crippen LogP contribution in [0.15, 0.2) is 87.8 Å². The van der Waals surface area contributed by atoms with Gasteiger partial charge in [-0.3, -0.25) is 0 Å². The van der Waals surface area contributed by atoms with Gasteiger partial charge in [0.2, 0.25) is 0 Å². The van der Waals surface area contributed by atoms with Gasteiger partial charge in [-0.2, -0.15) is 0 Å². The molecule has 0 aliphatic carbocycles. The Labute approximate surface area is 200 Å². The zero-order valence-corrected chi connectivity index (χ0v) is 21.8. The second kappa shape index (κ2) is 8.84. The van der Waals surface area contributed by atoms with Gasteiger partial charge in [0.25, 0.3) is 0 Å². The highest BCUT2D eigenvalue weighted by Crippen LogP contribution is 2.72. The average molecular weight is 562 g/mol. The summed E-state index contributed by atoms with van der Waals surface area (Å²) in [6.07, 6.45) is -0.721. The molecule has 1 nitrogen and oxygen atoms in total. The molecular weight excluding hydrogens is 539 g/mol. The smallest absolute Gasteiger partial charge is 0.125 e. The molecule has 1 atom stereocenters. The monoisotopic (exact) mass is 560 g/mol. The first-order valence-corrected chi connectivity index (χ1v) is 14.4. The van der Waals surface area contributed by atoms with Crippen molar-refractivity contribution in [1.82, 2.24) is 0 Å². The van der Waals surface area contributed by atoms with Crippen molar-refractivity contribution < 1.29 is 4.52 Å². The second-order valence-corrected chi connectivity index (χ2v) is 13.0. The lowest BCUT2D eigenvalue weighted by molar-refractivity contribution is 0.150. The van der Waals surface area contributed by atoms with Crippen molar-refractivity contribution in [2.75, 3.05) is 0 Å². The Morgan fingerprint density at radius 3 is 1.77 bits per heavy atom. The Hall–Kier alpha value is -1.03. The molecule has 3 aromatic carbocycles. The molecule has 0 bridgehead atoms. The highest BCUT2D eigenvalue weighted by atomic mass is 79.9. The van der Waals surface area contributed by atoms with E-state index >= 15 is 0 Å². The number of rotatable bonds is 5. The number of benzene rings is 3. The first-order valence-electron chi connectivity index (χ1n) is 10.1. The van der Waals surface area contributed by atoms with Gasteiger partial charge in [0.1, 0.15) is 6.26 Å². The summed E-state index contributed by atoms with van der Waals surface area (Å²) >= 11 is 13.6. The van der Waals surface area contributed by atoms with Gasteiger partial charge in [-0.1, -0.05) is 112 Å². The van der Waals surface area contributed by atoms with E-state index < -0.39 is 11.9 Å². The van der Waals surface area contributed by atoms with Crippen LogP contribution in [0.5, 0.6) is 0 Å². The molecule has 0 unspecified atom stereocenters. The molecule has 1 aliphatic heterocycles. The van der Waals surface area contributed by atoms with Gasteiger partial charge in [0.05, 0.1) is 5.60 Å². The van der Waals surface area contributed by atoms with Crippen molar-refractivity contribution in [2.45, 2.75) is 32.3 Å². The minimum Gasteiger partial charge on any atom is -0.331 e. The predicted octanol–water partition coefficient (Wildman–Crippen LogP) is 8.39. The topological polar surface area (TPSA) is 9.23 Å². The van der Waals surface area contributed by atoms with E-state index in [4.69, 9.17) is 16.3 Å². The van der Waals surface area contributed by atoms with E-state index in [0.29, 0.717) is 0 Å². The molecular formula is C25H23Br2OPS. The first-order chi connectivity index (χ1) is 14.4. The molecule has 0 saturated heterocycles. The van der Waals surface area contributed by atoms with Crippen LogP contribution in [0.2, 0.25) is 0 Å². The fraction of sp³-hybridized carbons (Fsp3) is 0.200. The molecule has 0 fully saturated rings. The summed E-state index contributed by atoms with van der Waals surface area (Å²) in [6.45, 7) is 4.41. The van der Waals surface area contributed by atoms with Crippen LogP contribution in [0.1, 0.15) is 37.8 Å². The lowest BCUT2D eigenvalue weighted by atomic mass is 9.82. The number of hydrogen-bond donors (Lipinski definition) is 0. The fourth-order valence-electron chi connectivity index (χ4n) is 4.18. The van der Waals surface area contributed by atoms with Gasteiger partial charge in [0.15, 0.2) is 0 Å².